The SMILES string of the molecule is c1ccc2c(c1)-c1ccccc1C21c2ccccc2C2(c3ccccc3-c3ccc(-c4ccc(-c5ccc6ccc7cccnc7c6n5)cc4)cc32)c2ccccc21. The molecule has 0 bridgehead atoms. The Labute approximate surface area is 336 Å². The minimum atomic E-state index is -0.515. The van der Waals surface area contributed by atoms with E-state index in [-0.39, 0.29) is 0 Å². The second-order valence-corrected chi connectivity index (χ2v) is 16.0. The molecule has 0 saturated carbocycles. The Morgan fingerprint density at radius 2 is 0.724 bits per heavy atom. The number of fused-ring (bicyclic) bond motifs is 19. The summed E-state index contributed by atoms with van der Waals surface area (Å²) in [6.45, 7) is 0. The van der Waals surface area contributed by atoms with Crippen LogP contribution in [0.25, 0.3) is 66.4 Å². The quantitative estimate of drug-likeness (QED) is 0.165. The van der Waals surface area contributed by atoms with Gasteiger partial charge in [-0.1, -0.05) is 182 Å². The van der Waals surface area contributed by atoms with Crippen LogP contribution in [0.3, 0.4) is 0 Å². The van der Waals surface area contributed by atoms with Crippen LogP contribution in [0.1, 0.15) is 44.5 Å². The van der Waals surface area contributed by atoms with Gasteiger partial charge in [0.2, 0.25) is 0 Å². The lowest BCUT2D eigenvalue weighted by atomic mass is 9.52. The van der Waals surface area contributed by atoms with Gasteiger partial charge in [-0.2, -0.15) is 0 Å². The Hall–Kier alpha value is -7.42. The minimum Gasteiger partial charge on any atom is -0.254 e. The summed E-state index contributed by atoms with van der Waals surface area (Å²) in [5.41, 5.74) is 21.4. The van der Waals surface area contributed by atoms with Gasteiger partial charge in [0.1, 0.15) is 0 Å². The third kappa shape index (κ3) is 3.92. The maximum atomic E-state index is 5.14. The van der Waals surface area contributed by atoms with E-state index in [9.17, 15) is 0 Å². The normalized spacial score (nSPS) is 14.5. The predicted octanol–water partition coefficient (Wildman–Crippen LogP) is 13.2. The number of pyridine rings is 2. The highest BCUT2D eigenvalue weighted by Crippen LogP contribution is 2.67. The lowest BCUT2D eigenvalue weighted by molar-refractivity contribution is 0.633. The molecule has 2 heteroatoms. The molecule has 58 heavy (non-hydrogen) atoms. The van der Waals surface area contributed by atoms with Crippen molar-refractivity contribution in [2.24, 2.45) is 0 Å². The van der Waals surface area contributed by atoms with Crippen LogP contribution >= 0.6 is 0 Å². The first-order valence-corrected chi connectivity index (χ1v) is 20.2. The molecule has 0 aliphatic heterocycles. The molecule has 2 aromatic heterocycles. The van der Waals surface area contributed by atoms with Crippen molar-refractivity contribution in [3.05, 3.63) is 251 Å². The Balaban J connectivity index is 1.02. The largest absolute Gasteiger partial charge is 0.254 e. The van der Waals surface area contributed by atoms with Gasteiger partial charge in [-0.25, -0.2) is 4.98 Å². The van der Waals surface area contributed by atoms with E-state index in [4.69, 9.17) is 4.98 Å². The van der Waals surface area contributed by atoms with Gasteiger partial charge < -0.3 is 0 Å². The summed E-state index contributed by atoms with van der Waals surface area (Å²) in [6.07, 6.45) is 1.85. The molecule has 3 aliphatic carbocycles. The van der Waals surface area contributed by atoms with Crippen LogP contribution < -0.4 is 0 Å². The Kier molecular flexibility index (Phi) is 6.33. The highest BCUT2D eigenvalue weighted by molar-refractivity contribution is 6.03. The molecule has 2 heterocycles. The lowest BCUT2D eigenvalue weighted by Gasteiger charge is -2.48. The van der Waals surface area contributed by atoms with E-state index in [1.54, 1.807) is 0 Å². The van der Waals surface area contributed by atoms with Crippen LogP contribution in [0, 0.1) is 0 Å². The van der Waals surface area contributed by atoms with Crippen LogP contribution in [0.5, 0.6) is 0 Å². The van der Waals surface area contributed by atoms with Gasteiger partial charge in [-0.15, -0.1) is 0 Å². The summed E-state index contributed by atoms with van der Waals surface area (Å²) < 4.78 is 0. The zero-order valence-corrected chi connectivity index (χ0v) is 31.5. The summed E-state index contributed by atoms with van der Waals surface area (Å²) in [5, 5.41) is 2.19. The molecule has 2 nitrogen and oxygen atoms in total. The number of benzene rings is 8. The maximum absolute atomic E-state index is 5.14. The highest BCUT2D eigenvalue weighted by Gasteiger charge is 2.58. The molecule has 0 atom stereocenters. The second-order valence-electron chi connectivity index (χ2n) is 16.0. The number of rotatable bonds is 2. The molecule has 0 fully saturated rings. The molecule has 3 aliphatic rings. The van der Waals surface area contributed by atoms with Crippen LogP contribution in [0.2, 0.25) is 0 Å². The van der Waals surface area contributed by atoms with Crippen LogP contribution in [0.4, 0.5) is 0 Å². The van der Waals surface area contributed by atoms with E-state index in [1.165, 1.54) is 77.9 Å². The summed E-state index contributed by atoms with van der Waals surface area (Å²) in [5.74, 6) is 0. The number of nitrogens with zero attached hydrogens (tertiary/aromatic N) is 2. The molecular weight excluding hydrogens is 701 g/mol. The first kappa shape index (κ1) is 31.7. The van der Waals surface area contributed by atoms with Gasteiger partial charge in [0.25, 0.3) is 0 Å². The smallest absolute Gasteiger partial charge is 0.0972 e. The minimum absolute atomic E-state index is 0.449. The fourth-order valence-corrected chi connectivity index (χ4v) is 11.1. The molecule has 0 unspecified atom stereocenters. The molecule has 8 aromatic carbocycles. The van der Waals surface area contributed by atoms with Gasteiger partial charge >= 0.3 is 0 Å². The van der Waals surface area contributed by atoms with Crippen molar-refractivity contribution >= 4 is 21.8 Å². The van der Waals surface area contributed by atoms with Crippen molar-refractivity contribution in [3.63, 3.8) is 0 Å². The fourth-order valence-electron chi connectivity index (χ4n) is 11.1. The van der Waals surface area contributed by atoms with Crippen molar-refractivity contribution in [2.45, 2.75) is 10.8 Å². The third-order valence-corrected chi connectivity index (χ3v) is 13.4. The second kappa shape index (κ2) is 11.6. The monoisotopic (exact) mass is 734 g/mol. The van der Waals surface area contributed by atoms with Gasteiger partial charge in [0, 0.05) is 22.5 Å². The van der Waals surface area contributed by atoms with Crippen LogP contribution in [0.15, 0.2) is 206 Å². The summed E-state index contributed by atoms with van der Waals surface area (Å²) in [7, 11) is 0. The van der Waals surface area contributed by atoms with Gasteiger partial charge in [-0.05, 0) is 96.1 Å². The number of hydrogen-bond donors (Lipinski definition) is 0. The van der Waals surface area contributed by atoms with Gasteiger partial charge in [0.15, 0.2) is 0 Å². The predicted molar refractivity (Wildman–Crippen MR) is 236 cm³/mol. The Morgan fingerprint density at radius 1 is 0.293 bits per heavy atom. The molecule has 2 spiro atoms. The molecular formula is C56H34N2. The summed E-state index contributed by atoms with van der Waals surface area (Å²) in [4.78, 5) is 9.83. The topological polar surface area (TPSA) is 25.8 Å². The van der Waals surface area contributed by atoms with E-state index < -0.39 is 10.8 Å². The van der Waals surface area contributed by atoms with Crippen LogP contribution in [-0.2, 0) is 10.8 Å². The van der Waals surface area contributed by atoms with Crippen molar-refractivity contribution in [3.8, 4) is 44.6 Å². The van der Waals surface area contributed by atoms with E-state index >= 15 is 0 Å². The summed E-state index contributed by atoms with van der Waals surface area (Å²) >= 11 is 0. The molecule has 0 radical (unpaired) electrons. The van der Waals surface area contributed by atoms with E-state index in [1.807, 2.05) is 12.3 Å². The molecule has 0 saturated heterocycles. The number of aromatic nitrogens is 2. The van der Waals surface area contributed by atoms with Crippen molar-refractivity contribution in [1.82, 2.24) is 9.97 Å². The average molecular weight is 735 g/mol. The molecule has 10 aromatic rings. The standard InChI is InChI=1S/C56H34N2/c1-4-16-44-40(13-1)41-14-2-5-17-45(41)55(44)47-19-7-9-21-49(47)56(50-22-10-8-20-48(50)55)46-18-6-3-15-42(46)43-31-29-39(34-51(43)56)35-23-25-36(26-24-35)52-32-30-38-28-27-37-12-11-33-57-53(37)54(38)58-52/h1-34H. The molecule has 13 rings (SSSR count). The van der Waals surface area contributed by atoms with E-state index in [2.05, 4.69) is 199 Å². The zero-order chi connectivity index (χ0) is 38.0. The summed E-state index contributed by atoms with van der Waals surface area (Å²) in [6, 6.07) is 74.6. The van der Waals surface area contributed by atoms with Gasteiger partial charge in [-0.3, -0.25) is 4.98 Å². The average Bonchev–Trinajstić information content (AvgIpc) is 3.76. The highest BCUT2D eigenvalue weighted by atomic mass is 14.8. The third-order valence-electron chi connectivity index (χ3n) is 13.4. The maximum Gasteiger partial charge on any atom is 0.0972 e. The molecule has 268 valence electrons. The Bertz CT molecular complexity index is 3260. The lowest BCUT2D eigenvalue weighted by Crippen LogP contribution is -2.43. The van der Waals surface area contributed by atoms with Crippen molar-refractivity contribution < 1.29 is 0 Å². The molecule has 0 N–H and O–H groups in total. The van der Waals surface area contributed by atoms with Crippen LogP contribution in [-0.4, -0.2) is 9.97 Å². The fraction of sp³-hybridized carbons (Fsp3) is 0.0357. The first-order valence-electron chi connectivity index (χ1n) is 20.2. The van der Waals surface area contributed by atoms with E-state index in [0.717, 1.165) is 33.1 Å². The zero-order valence-electron chi connectivity index (χ0n) is 31.5. The van der Waals surface area contributed by atoms with Gasteiger partial charge in [0.05, 0.1) is 27.6 Å². The van der Waals surface area contributed by atoms with E-state index in [0.29, 0.717) is 0 Å². The first-order chi connectivity index (χ1) is 28.8. The Morgan fingerprint density at radius 3 is 1.29 bits per heavy atom. The van der Waals surface area contributed by atoms with Crippen molar-refractivity contribution in [1.29, 1.82) is 0 Å². The number of hydrogen-bond acceptors (Lipinski definition) is 2. The van der Waals surface area contributed by atoms with Crippen molar-refractivity contribution in [2.75, 3.05) is 0 Å². The molecule has 0 amide bonds.